The maximum absolute atomic E-state index is 13.7. The topological polar surface area (TPSA) is 109 Å². The van der Waals surface area contributed by atoms with E-state index in [0.29, 0.717) is 5.69 Å². The van der Waals surface area contributed by atoms with E-state index in [0.717, 1.165) is 42.2 Å². The van der Waals surface area contributed by atoms with Gasteiger partial charge in [0.15, 0.2) is 5.78 Å². The standard InChI is InChI=1S/C30H26Cl2N8O2/c1-18(41)24-7-4-8-25(35-24)27-26-21(29(42)40(37-27)28-22(31)5-3-6-23(28)32)17-33-30(36-26)34-19-9-11-20(12-10-19)39-15-13-38(2)14-16-39/h3-12,17H,13-16H2,1-2H3,(H,33,34,36). The summed E-state index contributed by atoms with van der Waals surface area (Å²) in [6.45, 7) is 5.43. The van der Waals surface area contributed by atoms with E-state index in [1.54, 1.807) is 36.4 Å². The van der Waals surface area contributed by atoms with Crippen LogP contribution < -0.4 is 15.8 Å². The molecule has 0 radical (unpaired) electrons. The highest BCUT2D eigenvalue weighted by atomic mass is 35.5. The van der Waals surface area contributed by atoms with Gasteiger partial charge in [0.25, 0.3) is 5.56 Å². The monoisotopic (exact) mass is 600 g/mol. The number of carbonyl (C=O) groups excluding carboxylic acids is 1. The highest BCUT2D eigenvalue weighted by molar-refractivity contribution is 6.37. The number of ketones is 1. The fourth-order valence-corrected chi connectivity index (χ4v) is 5.37. The molecule has 0 atom stereocenters. The molecule has 6 rings (SSSR count). The zero-order valence-electron chi connectivity index (χ0n) is 22.9. The molecule has 3 aromatic heterocycles. The van der Waals surface area contributed by atoms with Gasteiger partial charge in [-0.15, -0.1) is 0 Å². The molecular weight excluding hydrogens is 575 g/mol. The molecule has 1 aliphatic rings. The van der Waals surface area contributed by atoms with Gasteiger partial charge in [0, 0.05) is 50.7 Å². The van der Waals surface area contributed by atoms with Crippen molar-refractivity contribution < 1.29 is 4.79 Å². The zero-order chi connectivity index (χ0) is 29.4. The lowest BCUT2D eigenvalue weighted by Crippen LogP contribution is -2.44. The van der Waals surface area contributed by atoms with Gasteiger partial charge in [-0.2, -0.15) is 9.78 Å². The number of rotatable bonds is 6. The van der Waals surface area contributed by atoms with Crippen LogP contribution in [0.5, 0.6) is 0 Å². The number of fused-ring (bicyclic) bond motifs is 1. The number of pyridine rings is 1. The van der Waals surface area contributed by atoms with Crippen LogP contribution in [-0.4, -0.2) is 68.6 Å². The van der Waals surface area contributed by atoms with Crippen molar-refractivity contribution in [2.45, 2.75) is 6.92 Å². The molecule has 1 saturated heterocycles. The average molecular weight is 601 g/mol. The third-order valence-electron chi connectivity index (χ3n) is 7.13. The Labute approximate surface area is 251 Å². The number of aromatic nitrogens is 5. The second-order valence-corrected chi connectivity index (χ2v) is 10.8. The third-order valence-corrected chi connectivity index (χ3v) is 7.74. The number of hydrogen-bond donors (Lipinski definition) is 1. The van der Waals surface area contributed by atoms with Crippen LogP contribution in [0.25, 0.3) is 28.0 Å². The Hall–Kier alpha value is -4.38. The number of piperazine rings is 1. The Bertz CT molecular complexity index is 1850. The molecule has 212 valence electrons. The summed E-state index contributed by atoms with van der Waals surface area (Å²) >= 11 is 12.9. The molecule has 0 saturated carbocycles. The largest absolute Gasteiger partial charge is 0.369 e. The number of carbonyl (C=O) groups is 1. The van der Waals surface area contributed by atoms with Crippen molar-refractivity contribution in [1.29, 1.82) is 0 Å². The van der Waals surface area contributed by atoms with Gasteiger partial charge in [0.1, 0.15) is 22.6 Å². The molecule has 10 nitrogen and oxygen atoms in total. The third kappa shape index (κ3) is 5.44. The summed E-state index contributed by atoms with van der Waals surface area (Å²) in [5.41, 5.74) is 2.78. The predicted octanol–water partition coefficient (Wildman–Crippen LogP) is 5.24. The van der Waals surface area contributed by atoms with Crippen LogP contribution >= 0.6 is 23.2 Å². The van der Waals surface area contributed by atoms with E-state index < -0.39 is 5.56 Å². The Kier molecular flexibility index (Phi) is 7.59. The molecule has 0 unspecified atom stereocenters. The van der Waals surface area contributed by atoms with Crippen molar-refractivity contribution in [3.8, 4) is 17.1 Å². The average Bonchev–Trinajstić information content (AvgIpc) is 2.99. The minimum absolute atomic E-state index is 0.182. The molecule has 0 bridgehead atoms. The number of likely N-dealkylation sites (N-methyl/N-ethyl adjacent to an activating group) is 1. The maximum Gasteiger partial charge on any atom is 0.282 e. The van der Waals surface area contributed by atoms with Gasteiger partial charge in [-0.05, 0) is 55.6 Å². The first kappa shape index (κ1) is 27.8. The lowest BCUT2D eigenvalue weighted by atomic mass is 10.1. The smallest absolute Gasteiger partial charge is 0.282 e. The minimum Gasteiger partial charge on any atom is -0.369 e. The highest BCUT2D eigenvalue weighted by Crippen LogP contribution is 2.30. The summed E-state index contributed by atoms with van der Waals surface area (Å²) in [4.78, 5) is 44.0. The van der Waals surface area contributed by atoms with Gasteiger partial charge in [-0.25, -0.2) is 15.0 Å². The van der Waals surface area contributed by atoms with E-state index in [-0.39, 0.29) is 49.8 Å². The molecule has 1 aliphatic heterocycles. The van der Waals surface area contributed by atoms with Crippen molar-refractivity contribution in [2.24, 2.45) is 0 Å². The second kappa shape index (κ2) is 11.5. The number of Topliss-reactive ketones (excluding diaryl/α,β-unsaturated/α-hetero) is 1. The van der Waals surface area contributed by atoms with Gasteiger partial charge in [-0.1, -0.05) is 35.3 Å². The van der Waals surface area contributed by atoms with Crippen LogP contribution in [0.4, 0.5) is 17.3 Å². The van der Waals surface area contributed by atoms with E-state index in [1.165, 1.54) is 13.1 Å². The van der Waals surface area contributed by atoms with E-state index >= 15 is 0 Å². The van der Waals surface area contributed by atoms with Gasteiger partial charge in [0.2, 0.25) is 5.95 Å². The first-order valence-corrected chi connectivity index (χ1v) is 14.1. The van der Waals surface area contributed by atoms with Gasteiger partial charge >= 0.3 is 0 Å². The Morgan fingerprint density at radius 3 is 2.29 bits per heavy atom. The van der Waals surface area contributed by atoms with Crippen LogP contribution in [0.3, 0.4) is 0 Å². The van der Waals surface area contributed by atoms with E-state index in [2.05, 4.69) is 54.3 Å². The number of para-hydroxylation sites is 1. The van der Waals surface area contributed by atoms with Crippen molar-refractivity contribution in [3.63, 3.8) is 0 Å². The van der Waals surface area contributed by atoms with E-state index in [4.69, 9.17) is 23.2 Å². The lowest BCUT2D eigenvalue weighted by Gasteiger charge is -2.34. The molecule has 0 spiro atoms. The number of anilines is 3. The number of hydrogen-bond acceptors (Lipinski definition) is 9. The van der Waals surface area contributed by atoms with Gasteiger partial charge < -0.3 is 15.1 Å². The predicted molar refractivity (Wildman–Crippen MR) is 166 cm³/mol. The molecule has 0 amide bonds. The van der Waals surface area contributed by atoms with Crippen LogP contribution in [0.1, 0.15) is 17.4 Å². The first-order valence-electron chi connectivity index (χ1n) is 13.3. The number of halogens is 2. The van der Waals surface area contributed by atoms with Gasteiger partial charge in [-0.3, -0.25) is 9.59 Å². The quantitative estimate of drug-likeness (QED) is 0.261. The summed E-state index contributed by atoms with van der Waals surface area (Å²) in [5.74, 6) is 0.0640. The number of benzene rings is 2. The minimum atomic E-state index is -0.505. The van der Waals surface area contributed by atoms with Crippen LogP contribution in [0, 0.1) is 0 Å². The first-order chi connectivity index (χ1) is 20.3. The van der Waals surface area contributed by atoms with Crippen molar-refractivity contribution >= 4 is 57.2 Å². The van der Waals surface area contributed by atoms with E-state index in [9.17, 15) is 9.59 Å². The summed E-state index contributed by atoms with van der Waals surface area (Å²) in [6.07, 6.45) is 1.44. The summed E-state index contributed by atoms with van der Waals surface area (Å²) < 4.78 is 1.12. The summed E-state index contributed by atoms with van der Waals surface area (Å²) in [6, 6.07) is 18.0. The molecule has 42 heavy (non-hydrogen) atoms. The molecule has 5 aromatic rings. The lowest BCUT2D eigenvalue weighted by molar-refractivity contribution is 0.101. The molecule has 4 heterocycles. The SMILES string of the molecule is CC(=O)c1cccc(-c2nn(-c3c(Cl)cccc3Cl)c(=O)c3cnc(Nc4ccc(N5CCN(C)CC5)cc4)nc23)n1. The van der Waals surface area contributed by atoms with E-state index in [1.807, 2.05) is 12.1 Å². The van der Waals surface area contributed by atoms with Gasteiger partial charge in [0.05, 0.1) is 21.1 Å². The Morgan fingerprint density at radius 2 is 1.60 bits per heavy atom. The molecule has 1 N–H and O–H groups in total. The van der Waals surface area contributed by atoms with Crippen molar-refractivity contribution in [3.05, 3.63) is 93.0 Å². The number of nitrogens with zero attached hydrogens (tertiary/aromatic N) is 7. The Balaban J connectivity index is 1.44. The van der Waals surface area contributed by atoms with Crippen molar-refractivity contribution in [1.82, 2.24) is 29.6 Å². The van der Waals surface area contributed by atoms with Crippen LogP contribution in [0.15, 0.2) is 71.7 Å². The number of nitrogens with one attached hydrogen (secondary N) is 1. The second-order valence-electron chi connectivity index (χ2n) is 10.0. The summed E-state index contributed by atoms with van der Waals surface area (Å²) in [7, 11) is 2.13. The summed E-state index contributed by atoms with van der Waals surface area (Å²) in [5, 5.41) is 8.51. The Morgan fingerprint density at radius 1 is 0.905 bits per heavy atom. The maximum atomic E-state index is 13.7. The fraction of sp³-hybridized carbons (Fsp3) is 0.200. The molecule has 12 heteroatoms. The molecule has 0 aliphatic carbocycles. The molecule has 1 fully saturated rings. The van der Waals surface area contributed by atoms with Crippen LogP contribution in [-0.2, 0) is 0 Å². The zero-order valence-corrected chi connectivity index (χ0v) is 24.4. The molecular formula is C30H26Cl2N8O2. The molecule has 2 aromatic carbocycles. The fourth-order valence-electron chi connectivity index (χ4n) is 4.81. The van der Waals surface area contributed by atoms with Crippen LogP contribution in [0.2, 0.25) is 10.0 Å². The normalized spacial score (nSPS) is 13.9. The van der Waals surface area contributed by atoms with Crippen molar-refractivity contribution in [2.75, 3.05) is 43.4 Å². The highest BCUT2D eigenvalue weighted by Gasteiger charge is 2.21.